The van der Waals surface area contributed by atoms with Gasteiger partial charge >= 0.3 is 0 Å². The Morgan fingerprint density at radius 1 is 1.23 bits per heavy atom. The molecule has 1 fully saturated rings. The number of aromatic nitrogens is 4. The molecule has 3 heterocycles. The average molecular weight is 356 g/mol. The molecule has 2 aromatic heterocycles. The maximum Gasteiger partial charge on any atom is 0.261 e. The molecule has 0 amide bonds. The van der Waals surface area contributed by atoms with Crippen LogP contribution in [0.25, 0.3) is 11.5 Å². The smallest absolute Gasteiger partial charge is 0.261 e. The molecule has 4 rings (SSSR count). The fourth-order valence-electron chi connectivity index (χ4n) is 2.89. The van der Waals surface area contributed by atoms with Crippen molar-refractivity contribution in [2.24, 2.45) is 0 Å². The van der Waals surface area contributed by atoms with E-state index in [1.807, 2.05) is 24.3 Å². The highest BCUT2D eigenvalue weighted by atomic mass is 16.5. The summed E-state index contributed by atoms with van der Waals surface area (Å²) in [5.41, 5.74) is 0.734. The van der Waals surface area contributed by atoms with E-state index < -0.39 is 0 Å². The second kappa shape index (κ2) is 7.22. The van der Waals surface area contributed by atoms with Crippen LogP contribution in [0.2, 0.25) is 0 Å². The van der Waals surface area contributed by atoms with Gasteiger partial charge in [0.15, 0.2) is 12.4 Å². The Balaban J connectivity index is 1.54. The van der Waals surface area contributed by atoms with Gasteiger partial charge in [-0.2, -0.15) is 9.97 Å². The number of likely N-dealkylation sites (N-methyl/N-ethyl adjacent to an activating group) is 1. The Labute approximate surface area is 150 Å². The van der Waals surface area contributed by atoms with Gasteiger partial charge in [0.25, 0.3) is 5.89 Å². The first kappa shape index (κ1) is 16.7. The third-order valence-corrected chi connectivity index (χ3v) is 4.29. The summed E-state index contributed by atoms with van der Waals surface area (Å²) in [5.74, 6) is 2.71. The molecule has 3 aromatic rings. The fourth-order valence-corrected chi connectivity index (χ4v) is 2.89. The maximum absolute atomic E-state index is 5.83. The molecule has 1 aliphatic heterocycles. The minimum absolute atomic E-state index is 0.0941. The van der Waals surface area contributed by atoms with Crippen LogP contribution in [0.15, 0.2) is 33.3 Å². The summed E-state index contributed by atoms with van der Waals surface area (Å²) in [6, 6.07) is 7.61. The number of nitrogens with one attached hydrogen (secondary N) is 1. The number of para-hydroxylation sites is 1. The first-order chi connectivity index (χ1) is 12.7. The van der Waals surface area contributed by atoms with Gasteiger partial charge in [0.2, 0.25) is 11.7 Å². The molecule has 0 aliphatic carbocycles. The Kier molecular flexibility index (Phi) is 4.63. The van der Waals surface area contributed by atoms with E-state index in [-0.39, 0.29) is 12.6 Å². The van der Waals surface area contributed by atoms with Crippen molar-refractivity contribution >= 4 is 0 Å². The van der Waals surface area contributed by atoms with Gasteiger partial charge < -0.3 is 19.1 Å². The predicted octanol–water partition coefficient (Wildman–Crippen LogP) is 1.58. The second-order valence-electron chi connectivity index (χ2n) is 6.17. The molecule has 136 valence electrons. The average Bonchev–Trinajstić information content (AvgIpc) is 3.30. The molecule has 1 aliphatic rings. The lowest BCUT2D eigenvalue weighted by molar-refractivity contribution is 0.190. The van der Waals surface area contributed by atoms with Crippen LogP contribution in [0.3, 0.4) is 0 Å². The van der Waals surface area contributed by atoms with Gasteiger partial charge in [0.1, 0.15) is 5.75 Å². The molecular formula is C17H20N6O3. The van der Waals surface area contributed by atoms with Gasteiger partial charge in [-0.15, -0.1) is 0 Å². The zero-order chi connectivity index (χ0) is 17.9. The van der Waals surface area contributed by atoms with Crippen molar-refractivity contribution in [3.63, 3.8) is 0 Å². The third kappa shape index (κ3) is 3.44. The highest BCUT2D eigenvalue weighted by molar-refractivity contribution is 5.62. The van der Waals surface area contributed by atoms with Crippen LogP contribution in [0.5, 0.6) is 5.75 Å². The molecule has 0 bridgehead atoms. The third-order valence-electron chi connectivity index (χ3n) is 4.29. The Hall–Kier alpha value is -2.78. The standard InChI is InChI=1S/C17H20N6O3/c1-11-19-15(21-25-11)10-24-14-6-4-3-5-12(14)17-20-16(22-26-17)13-9-18-7-8-23(13)2/h3-6,13,18H,7-10H2,1-2H3. The highest BCUT2D eigenvalue weighted by Crippen LogP contribution is 2.30. The van der Waals surface area contributed by atoms with Gasteiger partial charge in [-0.05, 0) is 19.2 Å². The number of ether oxygens (including phenoxy) is 1. The van der Waals surface area contributed by atoms with Crippen LogP contribution in [-0.4, -0.2) is 51.9 Å². The quantitative estimate of drug-likeness (QED) is 0.730. The van der Waals surface area contributed by atoms with Gasteiger partial charge in [-0.3, -0.25) is 4.90 Å². The molecule has 0 saturated carbocycles. The SMILES string of the molecule is Cc1nc(COc2ccccc2-c2nc(C3CNCCN3C)no2)no1. The van der Waals surface area contributed by atoms with Crippen LogP contribution < -0.4 is 10.1 Å². The second-order valence-corrected chi connectivity index (χ2v) is 6.17. The molecule has 1 saturated heterocycles. The van der Waals surface area contributed by atoms with Crippen molar-refractivity contribution in [1.29, 1.82) is 0 Å². The number of rotatable bonds is 5. The Morgan fingerprint density at radius 3 is 2.92 bits per heavy atom. The minimum atomic E-state index is 0.0941. The predicted molar refractivity (Wildman–Crippen MR) is 91.3 cm³/mol. The van der Waals surface area contributed by atoms with E-state index in [1.165, 1.54) is 0 Å². The summed E-state index contributed by atoms with van der Waals surface area (Å²) in [6.07, 6.45) is 0. The number of hydrogen-bond acceptors (Lipinski definition) is 9. The van der Waals surface area contributed by atoms with E-state index >= 15 is 0 Å². The lowest BCUT2D eigenvalue weighted by Gasteiger charge is -2.30. The maximum atomic E-state index is 5.83. The number of nitrogens with zero attached hydrogens (tertiary/aromatic N) is 5. The number of benzene rings is 1. The highest BCUT2D eigenvalue weighted by Gasteiger charge is 2.26. The molecule has 9 nitrogen and oxygen atoms in total. The van der Waals surface area contributed by atoms with Crippen molar-refractivity contribution in [2.75, 3.05) is 26.7 Å². The molecule has 1 atom stereocenters. The monoisotopic (exact) mass is 356 g/mol. The Morgan fingerprint density at radius 2 is 2.12 bits per heavy atom. The number of hydrogen-bond donors (Lipinski definition) is 1. The fraction of sp³-hybridized carbons (Fsp3) is 0.412. The molecule has 0 radical (unpaired) electrons. The van der Waals surface area contributed by atoms with E-state index in [0.717, 1.165) is 25.2 Å². The van der Waals surface area contributed by atoms with Gasteiger partial charge in [0, 0.05) is 26.6 Å². The van der Waals surface area contributed by atoms with Crippen molar-refractivity contribution < 1.29 is 13.8 Å². The molecule has 1 N–H and O–H groups in total. The first-order valence-corrected chi connectivity index (χ1v) is 8.46. The van der Waals surface area contributed by atoms with E-state index in [0.29, 0.717) is 29.2 Å². The zero-order valence-electron chi connectivity index (χ0n) is 14.7. The Bertz CT molecular complexity index is 877. The summed E-state index contributed by atoms with van der Waals surface area (Å²) < 4.78 is 16.3. The normalized spacial score (nSPS) is 18.2. The van der Waals surface area contributed by atoms with Crippen molar-refractivity contribution in [3.8, 4) is 17.2 Å². The summed E-state index contributed by atoms with van der Waals surface area (Å²) in [5, 5.41) is 11.4. The summed E-state index contributed by atoms with van der Waals surface area (Å²) in [4.78, 5) is 10.9. The van der Waals surface area contributed by atoms with Crippen LogP contribution >= 0.6 is 0 Å². The van der Waals surface area contributed by atoms with Crippen LogP contribution in [0.4, 0.5) is 0 Å². The largest absolute Gasteiger partial charge is 0.485 e. The molecule has 26 heavy (non-hydrogen) atoms. The van der Waals surface area contributed by atoms with Gasteiger partial charge in [-0.25, -0.2) is 0 Å². The van der Waals surface area contributed by atoms with Crippen LogP contribution in [0.1, 0.15) is 23.6 Å². The summed E-state index contributed by atoms with van der Waals surface area (Å²) in [7, 11) is 2.06. The first-order valence-electron chi connectivity index (χ1n) is 8.46. The molecule has 1 unspecified atom stereocenters. The molecular weight excluding hydrogens is 336 g/mol. The lowest BCUT2D eigenvalue weighted by Crippen LogP contribution is -2.44. The van der Waals surface area contributed by atoms with E-state index in [4.69, 9.17) is 13.8 Å². The summed E-state index contributed by atoms with van der Waals surface area (Å²) >= 11 is 0. The van der Waals surface area contributed by atoms with E-state index in [2.05, 4.69) is 37.5 Å². The van der Waals surface area contributed by atoms with Crippen molar-refractivity contribution in [3.05, 3.63) is 41.8 Å². The lowest BCUT2D eigenvalue weighted by atomic mass is 10.2. The van der Waals surface area contributed by atoms with Crippen molar-refractivity contribution in [1.82, 2.24) is 30.5 Å². The van der Waals surface area contributed by atoms with Crippen LogP contribution in [-0.2, 0) is 6.61 Å². The van der Waals surface area contributed by atoms with E-state index in [9.17, 15) is 0 Å². The topological polar surface area (TPSA) is 102 Å². The van der Waals surface area contributed by atoms with Crippen LogP contribution in [0, 0.1) is 6.92 Å². The molecule has 1 aromatic carbocycles. The zero-order valence-corrected chi connectivity index (χ0v) is 14.7. The van der Waals surface area contributed by atoms with Gasteiger partial charge in [-0.1, -0.05) is 22.4 Å². The minimum Gasteiger partial charge on any atom is -0.485 e. The van der Waals surface area contributed by atoms with Crippen molar-refractivity contribution in [2.45, 2.75) is 19.6 Å². The van der Waals surface area contributed by atoms with Gasteiger partial charge in [0.05, 0.1) is 11.6 Å². The number of piperazine rings is 1. The molecule has 9 heteroatoms. The van der Waals surface area contributed by atoms with E-state index in [1.54, 1.807) is 6.92 Å². The summed E-state index contributed by atoms with van der Waals surface area (Å²) in [6.45, 7) is 4.64. The number of aryl methyl sites for hydroxylation is 1. The molecule has 0 spiro atoms.